The quantitative estimate of drug-likeness (QED) is 0.791. The molecular weight excluding hydrogens is 222 g/mol. The van der Waals surface area contributed by atoms with E-state index >= 15 is 0 Å². The molecule has 2 heterocycles. The third-order valence-corrected chi connectivity index (χ3v) is 3.84. The molecular formula is C12H19NO4. The van der Waals surface area contributed by atoms with Crippen molar-refractivity contribution in [1.29, 1.82) is 0 Å². The Kier molecular flexibility index (Phi) is 3.66. The van der Waals surface area contributed by atoms with Gasteiger partial charge >= 0.3 is 5.97 Å². The van der Waals surface area contributed by atoms with Gasteiger partial charge in [-0.1, -0.05) is 0 Å². The van der Waals surface area contributed by atoms with Crippen molar-refractivity contribution in [3.8, 4) is 0 Å². The fourth-order valence-corrected chi connectivity index (χ4v) is 2.59. The Labute approximate surface area is 101 Å². The average Bonchev–Trinajstić information content (AvgIpc) is 2.67. The highest BCUT2D eigenvalue weighted by molar-refractivity contribution is 5.80. The highest BCUT2D eigenvalue weighted by Gasteiger charge is 2.33. The van der Waals surface area contributed by atoms with E-state index in [1.807, 2.05) is 6.92 Å². The van der Waals surface area contributed by atoms with Crippen LogP contribution in [0.3, 0.4) is 0 Å². The Bertz CT molecular complexity index is 318. The molecule has 0 spiro atoms. The standard InChI is InChI=1S/C12H19NO4/c1-8-9(4-5-17-8)6-13-7-10(12(15)16)2-3-11(13)14/h8-10H,2-7H2,1H3,(H,15,16). The van der Waals surface area contributed by atoms with Crippen LogP contribution in [-0.2, 0) is 14.3 Å². The molecule has 2 aliphatic heterocycles. The van der Waals surface area contributed by atoms with Gasteiger partial charge in [0.2, 0.25) is 5.91 Å². The lowest BCUT2D eigenvalue weighted by atomic mass is 9.95. The number of hydrogen-bond donors (Lipinski definition) is 1. The molecule has 0 radical (unpaired) electrons. The van der Waals surface area contributed by atoms with Crippen LogP contribution in [0, 0.1) is 11.8 Å². The lowest BCUT2D eigenvalue weighted by Gasteiger charge is -2.33. The molecule has 1 amide bonds. The summed E-state index contributed by atoms with van der Waals surface area (Å²) in [4.78, 5) is 24.4. The molecule has 96 valence electrons. The first kappa shape index (κ1) is 12.4. The minimum atomic E-state index is -0.793. The predicted octanol–water partition coefficient (Wildman–Crippen LogP) is 0.735. The third-order valence-electron chi connectivity index (χ3n) is 3.84. The SMILES string of the molecule is CC1OCCC1CN1CC(C(=O)O)CCC1=O. The molecule has 0 aromatic rings. The number of aliphatic carboxylic acids is 1. The molecule has 0 aliphatic carbocycles. The molecule has 0 bridgehead atoms. The fraction of sp³-hybridized carbons (Fsp3) is 0.833. The molecule has 2 rings (SSSR count). The van der Waals surface area contributed by atoms with E-state index in [4.69, 9.17) is 9.84 Å². The fourth-order valence-electron chi connectivity index (χ4n) is 2.59. The molecule has 5 heteroatoms. The second-order valence-electron chi connectivity index (χ2n) is 5.00. The summed E-state index contributed by atoms with van der Waals surface area (Å²) in [6.45, 7) is 3.76. The Hall–Kier alpha value is -1.10. The van der Waals surface area contributed by atoms with Crippen molar-refractivity contribution in [2.45, 2.75) is 32.3 Å². The largest absolute Gasteiger partial charge is 0.481 e. The first-order chi connectivity index (χ1) is 8.08. The Morgan fingerprint density at radius 3 is 2.88 bits per heavy atom. The Morgan fingerprint density at radius 2 is 2.29 bits per heavy atom. The number of carboxylic acids is 1. The summed E-state index contributed by atoms with van der Waals surface area (Å²) in [6.07, 6.45) is 1.97. The number of hydrogen-bond acceptors (Lipinski definition) is 3. The normalized spacial score (nSPS) is 34.1. The van der Waals surface area contributed by atoms with Gasteiger partial charge in [0.1, 0.15) is 0 Å². The number of nitrogens with zero attached hydrogens (tertiary/aromatic N) is 1. The van der Waals surface area contributed by atoms with Gasteiger partial charge in [-0.25, -0.2) is 0 Å². The van der Waals surface area contributed by atoms with Crippen LogP contribution in [0.15, 0.2) is 0 Å². The van der Waals surface area contributed by atoms with Crippen molar-refractivity contribution in [1.82, 2.24) is 4.90 Å². The lowest BCUT2D eigenvalue weighted by Crippen LogP contribution is -2.45. The van der Waals surface area contributed by atoms with Gasteiger partial charge in [0.15, 0.2) is 0 Å². The average molecular weight is 241 g/mol. The highest BCUT2D eigenvalue weighted by atomic mass is 16.5. The van der Waals surface area contributed by atoms with E-state index < -0.39 is 11.9 Å². The number of rotatable bonds is 3. The number of carbonyl (C=O) groups excluding carboxylic acids is 1. The summed E-state index contributed by atoms with van der Waals surface area (Å²) >= 11 is 0. The monoisotopic (exact) mass is 241 g/mol. The van der Waals surface area contributed by atoms with E-state index in [9.17, 15) is 9.59 Å². The van der Waals surface area contributed by atoms with Crippen LogP contribution < -0.4 is 0 Å². The molecule has 0 aromatic heterocycles. The molecule has 0 saturated carbocycles. The Morgan fingerprint density at radius 1 is 1.53 bits per heavy atom. The lowest BCUT2D eigenvalue weighted by molar-refractivity contribution is -0.147. The number of ether oxygens (including phenoxy) is 1. The number of carbonyl (C=O) groups is 2. The molecule has 2 aliphatic rings. The van der Waals surface area contributed by atoms with Gasteiger partial charge in [0.05, 0.1) is 12.0 Å². The van der Waals surface area contributed by atoms with Crippen LogP contribution in [0.2, 0.25) is 0 Å². The first-order valence-electron chi connectivity index (χ1n) is 6.20. The predicted molar refractivity (Wildman–Crippen MR) is 60.5 cm³/mol. The minimum Gasteiger partial charge on any atom is -0.481 e. The van der Waals surface area contributed by atoms with Crippen molar-refractivity contribution in [2.75, 3.05) is 19.7 Å². The second kappa shape index (κ2) is 5.04. The smallest absolute Gasteiger partial charge is 0.308 e. The number of likely N-dealkylation sites (tertiary alicyclic amines) is 1. The Balaban J connectivity index is 1.93. The van der Waals surface area contributed by atoms with Crippen LogP contribution in [0.4, 0.5) is 0 Å². The van der Waals surface area contributed by atoms with Gasteiger partial charge in [-0.05, 0) is 19.8 Å². The van der Waals surface area contributed by atoms with Gasteiger partial charge < -0.3 is 14.7 Å². The number of amides is 1. The second-order valence-corrected chi connectivity index (χ2v) is 5.00. The van der Waals surface area contributed by atoms with Crippen molar-refractivity contribution in [2.24, 2.45) is 11.8 Å². The van der Waals surface area contributed by atoms with Crippen molar-refractivity contribution >= 4 is 11.9 Å². The van der Waals surface area contributed by atoms with E-state index in [1.54, 1.807) is 4.90 Å². The molecule has 3 atom stereocenters. The summed E-state index contributed by atoms with van der Waals surface area (Å²) in [5.41, 5.74) is 0. The summed E-state index contributed by atoms with van der Waals surface area (Å²) in [6, 6.07) is 0. The molecule has 0 aromatic carbocycles. The van der Waals surface area contributed by atoms with E-state index in [1.165, 1.54) is 0 Å². The van der Waals surface area contributed by atoms with Gasteiger partial charge in [-0.15, -0.1) is 0 Å². The first-order valence-corrected chi connectivity index (χ1v) is 6.20. The van der Waals surface area contributed by atoms with Gasteiger partial charge in [-0.3, -0.25) is 9.59 Å². The van der Waals surface area contributed by atoms with Crippen LogP contribution in [0.1, 0.15) is 26.2 Å². The number of carboxylic acid groups (broad SMARTS) is 1. The molecule has 3 unspecified atom stereocenters. The van der Waals surface area contributed by atoms with E-state index in [0.29, 0.717) is 31.8 Å². The minimum absolute atomic E-state index is 0.0848. The molecule has 2 saturated heterocycles. The maximum atomic E-state index is 11.7. The molecule has 5 nitrogen and oxygen atoms in total. The summed E-state index contributed by atoms with van der Waals surface area (Å²) in [5.74, 6) is -0.753. The third kappa shape index (κ3) is 2.77. The van der Waals surface area contributed by atoms with Crippen LogP contribution in [0.25, 0.3) is 0 Å². The van der Waals surface area contributed by atoms with E-state index in [0.717, 1.165) is 13.0 Å². The molecule has 2 fully saturated rings. The number of piperidine rings is 1. The topological polar surface area (TPSA) is 66.8 Å². The summed E-state index contributed by atoms with van der Waals surface area (Å²) in [5, 5.41) is 8.99. The van der Waals surface area contributed by atoms with Crippen molar-refractivity contribution in [3.05, 3.63) is 0 Å². The zero-order valence-corrected chi connectivity index (χ0v) is 10.1. The summed E-state index contributed by atoms with van der Waals surface area (Å²) < 4.78 is 5.46. The highest BCUT2D eigenvalue weighted by Crippen LogP contribution is 2.25. The zero-order valence-electron chi connectivity index (χ0n) is 10.1. The molecule has 1 N–H and O–H groups in total. The van der Waals surface area contributed by atoms with E-state index in [2.05, 4.69) is 0 Å². The van der Waals surface area contributed by atoms with Gasteiger partial charge in [-0.2, -0.15) is 0 Å². The summed E-state index contributed by atoms with van der Waals surface area (Å²) in [7, 11) is 0. The van der Waals surface area contributed by atoms with Crippen LogP contribution in [-0.4, -0.2) is 47.7 Å². The van der Waals surface area contributed by atoms with Crippen molar-refractivity contribution in [3.63, 3.8) is 0 Å². The van der Waals surface area contributed by atoms with Crippen LogP contribution in [0.5, 0.6) is 0 Å². The van der Waals surface area contributed by atoms with Gasteiger partial charge in [0.25, 0.3) is 0 Å². The van der Waals surface area contributed by atoms with Crippen LogP contribution >= 0.6 is 0 Å². The maximum Gasteiger partial charge on any atom is 0.308 e. The van der Waals surface area contributed by atoms with Crippen molar-refractivity contribution < 1.29 is 19.4 Å². The van der Waals surface area contributed by atoms with E-state index in [-0.39, 0.29) is 12.0 Å². The van der Waals surface area contributed by atoms with Gasteiger partial charge in [0, 0.05) is 32.0 Å². The molecule has 17 heavy (non-hydrogen) atoms. The maximum absolute atomic E-state index is 11.7. The zero-order chi connectivity index (χ0) is 12.4.